The first-order chi connectivity index (χ1) is 13.8. The van der Waals surface area contributed by atoms with Crippen LogP contribution in [-0.4, -0.2) is 25.8 Å². The van der Waals surface area contributed by atoms with Crippen LogP contribution in [0.15, 0.2) is 47.4 Å². The van der Waals surface area contributed by atoms with Crippen molar-refractivity contribution < 1.29 is 18.1 Å². The largest absolute Gasteiger partial charge is 0.312 e. The van der Waals surface area contributed by atoms with Crippen LogP contribution in [0.1, 0.15) is 31.2 Å². The van der Waals surface area contributed by atoms with Crippen LogP contribution in [0.3, 0.4) is 0 Å². The van der Waals surface area contributed by atoms with Gasteiger partial charge in [-0.25, -0.2) is 8.42 Å². The van der Waals surface area contributed by atoms with Crippen LogP contribution in [0, 0.1) is 16.0 Å². The van der Waals surface area contributed by atoms with Crippen molar-refractivity contribution in [2.75, 3.05) is 16.2 Å². The summed E-state index contributed by atoms with van der Waals surface area (Å²) in [5.41, 5.74) is 1.95. The van der Waals surface area contributed by atoms with Gasteiger partial charge in [-0.15, -0.1) is 0 Å². The number of anilines is 2. The third-order valence-electron chi connectivity index (χ3n) is 5.56. The highest BCUT2D eigenvalue weighted by molar-refractivity contribution is 7.92. The van der Waals surface area contributed by atoms with Gasteiger partial charge in [0.25, 0.3) is 15.7 Å². The van der Waals surface area contributed by atoms with Gasteiger partial charge in [0, 0.05) is 30.3 Å². The van der Waals surface area contributed by atoms with Crippen molar-refractivity contribution in [1.29, 1.82) is 0 Å². The van der Waals surface area contributed by atoms with E-state index in [1.165, 1.54) is 12.1 Å². The minimum atomic E-state index is -3.90. The molecule has 4 rings (SSSR count). The Bertz CT molecular complexity index is 1060. The molecule has 1 aliphatic heterocycles. The molecule has 1 aliphatic carbocycles. The lowest BCUT2D eigenvalue weighted by molar-refractivity contribution is -0.384. The van der Waals surface area contributed by atoms with Gasteiger partial charge in [0.2, 0.25) is 5.91 Å². The van der Waals surface area contributed by atoms with Crippen molar-refractivity contribution >= 4 is 33.0 Å². The van der Waals surface area contributed by atoms with E-state index in [4.69, 9.17) is 0 Å². The number of fused-ring (bicyclic) bond motifs is 1. The molecule has 0 saturated heterocycles. The van der Waals surface area contributed by atoms with Gasteiger partial charge < -0.3 is 4.90 Å². The minimum Gasteiger partial charge on any atom is -0.312 e. The lowest BCUT2D eigenvalue weighted by Crippen LogP contribution is -2.33. The molecule has 2 aliphatic rings. The van der Waals surface area contributed by atoms with Gasteiger partial charge in [-0.2, -0.15) is 0 Å². The number of rotatable bonds is 5. The van der Waals surface area contributed by atoms with Crippen LogP contribution >= 0.6 is 0 Å². The molecule has 8 nitrogen and oxygen atoms in total. The molecule has 1 heterocycles. The molecule has 0 bridgehead atoms. The van der Waals surface area contributed by atoms with Gasteiger partial charge >= 0.3 is 0 Å². The first-order valence-corrected chi connectivity index (χ1v) is 11.0. The maximum absolute atomic E-state index is 12.8. The van der Waals surface area contributed by atoms with E-state index < -0.39 is 14.9 Å². The summed E-state index contributed by atoms with van der Waals surface area (Å²) in [6.07, 6.45) is 4.73. The number of carbonyl (C=O) groups excluding carboxylic acids is 1. The number of non-ortho nitro benzene ring substituents is 1. The van der Waals surface area contributed by atoms with Gasteiger partial charge in [-0.05, 0) is 49.1 Å². The number of hydrogen-bond donors (Lipinski definition) is 1. The van der Waals surface area contributed by atoms with Crippen molar-refractivity contribution in [1.82, 2.24) is 0 Å². The van der Waals surface area contributed by atoms with E-state index in [0.29, 0.717) is 12.2 Å². The lowest BCUT2D eigenvalue weighted by atomic mass is 10.1. The van der Waals surface area contributed by atoms with Crippen LogP contribution in [0.4, 0.5) is 17.1 Å². The monoisotopic (exact) mass is 415 g/mol. The number of benzene rings is 2. The molecule has 0 spiro atoms. The number of nitrogens with zero attached hydrogens (tertiary/aromatic N) is 2. The molecule has 1 fully saturated rings. The van der Waals surface area contributed by atoms with E-state index in [1.807, 2.05) is 6.07 Å². The number of sulfonamides is 1. The molecule has 0 aromatic heterocycles. The zero-order chi connectivity index (χ0) is 20.6. The van der Waals surface area contributed by atoms with Gasteiger partial charge in [0.05, 0.1) is 15.5 Å². The smallest absolute Gasteiger partial charge is 0.269 e. The van der Waals surface area contributed by atoms with E-state index >= 15 is 0 Å². The SMILES string of the molecule is O=C(C1CCCC1)N1CCc2ccc(NS(=O)(=O)c3ccc([N+](=O)[O-])cc3)cc21. The van der Waals surface area contributed by atoms with Gasteiger partial charge in [-0.3, -0.25) is 19.6 Å². The van der Waals surface area contributed by atoms with Crippen molar-refractivity contribution in [2.45, 2.75) is 37.0 Å². The summed E-state index contributed by atoms with van der Waals surface area (Å²) in [7, 11) is -3.90. The molecule has 1 saturated carbocycles. The Morgan fingerprint density at radius 2 is 1.79 bits per heavy atom. The van der Waals surface area contributed by atoms with Crippen LogP contribution in [-0.2, 0) is 21.2 Å². The average Bonchev–Trinajstić information content (AvgIpc) is 3.37. The number of nitro groups is 1. The normalized spacial score (nSPS) is 16.6. The van der Waals surface area contributed by atoms with Crippen molar-refractivity contribution in [3.63, 3.8) is 0 Å². The molecule has 9 heteroatoms. The number of nitrogens with one attached hydrogen (secondary N) is 1. The highest BCUT2D eigenvalue weighted by Crippen LogP contribution is 2.35. The second-order valence-corrected chi connectivity index (χ2v) is 9.10. The highest BCUT2D eigenvalue weighted by atomic mass is 32.2. The van der Waals surface area contributed by atoms with Crippen LogP contribution < -0.4 is 9.62 Å². The minimum absolute atomic E-state index is 0.0569. The molecule has 2 aromatic rings. The third-order valence-corrected chi connectivity index (χ3v) is 6.96. The van der Waals surface area contributed by atoms with Crippen molar-refractivity contribution in [3.8, 4) is 0 Å². The zero-order valence-corrected chi connectivity index (χ0v) is 16.5. The summed E-state index contributed by atoms with van der Waals surface area (Å²) in [5, 5.41) is 10.8. The van der Waals surface area contributed by atoms with E-state index in [-0.39, 0.29) is 22.4 Å². The zero-order valence-electron chi connectivity index (χ0n) is 15.7. The van der Waals surface area contributed by atoms with E-state index in [0.717, 1.165) is 55.5 Å². The lowest BCUT2D eigenvalue weighted by Gasteiger charge is -2.21. The molecule has 1 amide bonds. The number of amides is 1. The van der Waals surface area contributed by atoms with Crippen molar-refractivity contribution in [2.24, 2.45) is 5.92 Å². The predicted molar refractivity (Wildman–Crippen MR) is 108 cm³/mol. The van der Waals surface area contributed by atoms with Gasteiger partial charge in [-0.1, -0.05) is 18.9 Å². The highest BCUT2D eigenvalue weighted by Gasteiger charge is 2.32. The Hall–Kier alpha value is -2.94. The summed E-state index contributed by atoms with van der Waals surface area (Å²) in [4.78, 5) is 24.7. The van der Waals surface area contributed by atoms with E-state index in [1.54, 1.807) is 17.0 Å². The summed E-state index contributed by atoms with van der Waals surface area (Å²) < 4.78 is 27.8. The molecule has 2 aromatic carbocycles. The van der Waals surface area contributed by atoms with Crippen LogP contribution in [0.5, 0.6) is 0 Å². The Kier molecular flexibility index (Phi) is 4.99. The Balaban J connectivity index is 1.56. The first-order valence-electron chi connectivity index (χ1n) is 9.57. The number of nitro benzene ring substituents is 1. The molecule has 0 radical (unpaired) electrons. The third kappa shape index (κ3) is 3.82. The molecule has 0 atom stereocenters. The fraction of sp³-hybridized carbons (Fsp3) is 0.350. The van der Waals surface area contributed by atoms with Crippen LogP contribution in [0.25, 0.3) is 0 Å². The Morgan fingerprint density at radius 1 is 1.10 bits per heavy atom. The fourth-order valence-corrected chi connectivity index (χ4v) is 5.08. The average molecular weight is 415 g/mol. The molecular weight excluding hydrogens is 394 g/mol. The molecular formula is C20H21N3O5S. The van der Waals surface area contributed by atoms with Crippen LogP contribution in [0.2, 0.25) is 0 Å². The van der Waals surface area contributed by atoms with Crippen molar-refractivity contribution in [3.05, 3.63) is 58.1 Å². The summed E-state index contributed by atoms with van der Waals surface area (Å²) in [5.74, 6) is 0.179. The number of hydrogen-bond acceptors (Lipinski definition) is 5. The van der Waals surface area contributed by atoms with E-state index in [2.05, 4.69) is 4.72 Å². The summed E-state index contributed by atoms with van der Waals surface area (Å²) in [6.45, 7) is 0.614. The Labute approximate surface area is 168 Å². The molecule has 152 valence electrons. The predicted octanol–water partition coefficient (Wildman–Crippen LogP) is 3.47. The maximum atomic E-state index is 12.8. The summed E-state index contributed by atoms with van der Waals surface area (Å²) >= 11 is 0. The van der Waals surface area contributed by atoms with Gasteiger partial charge in [0.15, 0.2) is 0 Å². The topological polar surface area (TPSA) is 110 Å². The standard InChI is InChI=1S/C20H21N3O5S/c24-20(15-3-1-2-4-15)22-12-11-14-5-6-16(13-19(14)22)21-29(27,28)18-9-7-17(8-10-18)23(25)26/h5-10,13,15,21H,1-4,11-12H2. The fourth-order valence-electron chi connectivity index (χ4n) is 4.03. The van der Waals surface area contributed by atoms with Gasteiger partial charge in [0.1, 0.15) is 0 Å². The number of carbonyl (C=O) groups is 1. The summed E-state index contributed by atoms with van der Waals surface area (Å²) in [6, 6.07) is 9.90. The molecule has 0 unspecified atom stereocenters. The first kappa shape index (κ1) is 19.4. The molecule has 29 heavy (non-hydrogen) atoms. The quantitative estimate of drug-likeness (QED) is 0.594. The van der Waals surface area contributed by atoms with E-state index in [9.17, 15) is 23.3 Å². The second kappa shape index (κ2) is 7.47. The maximum Gasteiger partial charge on any atom is 0.269 e. The second-order valence-electron chi connectivity index (χ2n) is 7.42. The molecule has 1 N–H and O–H groups in total. The Morgan fingerprint density at radius 3 is 2.45 bits per heavy atom.